The molecule has 1 fully saturated rings. The highest BCUT2D eigenvalue weighted by Crippen LogP contribution is 2.35. The van der Waals surface area contributed by atoms with E-state index in [0.29, 0.717) is 23.7 Å². The quantitative estimate of drug-likeness (QED) is 0.785. The summed E-state index contributed by atoms with van der Waals surface area (Å²) in [7, 11) is 0. The maximum atomic E-state index is 11.8. The van der Waals surface area contributed by atoms with Gasteiger partial charge in [-0.25, -0.2) is 4.79 Å². The Morgan fingerprint density at radius 2 is 2.25 bits per heavy atom. The van der Waals surface area contributed by atoms with E-state index < -0.39 is 0 Å². The number of nitrogens with one attached hydrogen (secondary N) is 3. The number of ether oxygens (including phenoxy) is 1. The second-order valence-corrected chi connectivity index (χ2v) is 5.13. The van der Waals surface area contributed by atoms with Gasteiger partial charge in [-0.05, 0) is 24.5 Å². The second kappa shape index (κ2) is 5.40. The summed E-state index contributed by atoms with van der Waals surface area (Å²) in [5.74, 6) is 1.10. The number of benzene rings is 1. The minimum atomic E-state index is -0.250. The van der Waals surface area contributed by atoms with Gasteiger partial charge < -0.3 is 20.7 Å². The lowest BCUT2D eigenvalue weighted by Crippen LogP contribution is -2.31. The van der Waals surface area contributed by atoms with Crippen LogP contribution in [0.4, 0.5) is 16.2 Å². The van der Waals surface area contributed by atoms with Crippen molar-refractivity contribution in [2.24, 2.45) is 5.92 Å². The number of carbonyl (C=O) groups is 2. The summed E-state index contributed by atoms with van der Waals surface area (Å²) in [6.45, 7) is 0.651. The molecule has 0 spiro atoms. The molecule has 2 aliphatic rings. The molecule has 106 valence electrons. The van der Waals surface area contributed by atoms with Crippen LogP contribution in [-0.4, -0.2) is 25.1 Å². The molecule has 6 nitrogen and oxygen atoms in total. The van der Waals surface area contributed by atoms with E-state index in [1.165, 1.54) is 12.8 Å². The van der Waals surface area contributed by atoms with Crippen molar-refractivity contribution in [2.45, 2.75) is 19.3 Å². The highest BCUT2D eigenvalue weighted by molar-refractivity contribution is 5.99. The number of carbonyl (C=O) groups excluding carboxylic acids is 2. The Bertz CT molecular complexity index is 540. The Morgan fingerprint density at radius 1 is 1.40 bits per heavy atom. The largest absolute Gasteiger partial charge is 0.479 e. The van der Waals surface area contributed by atoms with E-state index in [1.54, 1.807) is 18.2 Å². The van der Waals surface area contributed by atoms with Crippen LogP contribution in [0.15, 0.2) is 18.2 Å². The normalized spacial score (nSPS) is 16.7. The standard InChI is InChI=1S/C14H17N3O3/c18-12-8-20-13-10(16-12)2-1-3-11(13)17-14(19)15-7-6-9-4-5-9/h1-3,9H,4-8H2,(H,16,18)(H2,15,17,19). The van der Waals surface area contributed by atoms with Gasteiger partial charge in [-0.1, -0.05) is 18.9 Å². The smallest absolute Gasteiger partial charge is 0.319 e. The average molecular weight is 275 g/mol. The van der Waals surface area contributed by atoms with Crippen LogP contribution < -0.4 is 20.7 Å². The predicted molar refractivity (Wildman–Crippen MR) is 74.9 cm³/mol. The van der Waals surface area contributed by atoms with Gasteiger partial charge in [0.25, 0.3) is 5.91 Å². The summed E-state index contributed by atoms with van der Waals surface area (Å²) in [5.41, 5.74) is 1.14. The molecule has 6 heteroatoms. The Labute approximate surface area is 116 Å². The first-order chi connectivity index (χ1) is 9.72. The lowest BCUT2D eigenvalue weighted by molar-refractivity contribution is -0.118. The maximum absolute atomic E-state index is 11.8. The Balaban J connectivity index is 1.60. The summed E-state index contributed by atoms with van der Waals surface area (Å²) in [4.78, 5) is 23.0. The van der Waals surface area contributed by atoms with Gasteiger partial charge in [-0.2, -0.15) is 0 Å². The lowest BCUT2D eigenvalue weighted by atomic mass is 10.2. The minimum absolute atomic E-state index is 0.0327. The highest BCUT2D eigenvalue weighted by atomic mass is 16.5. The SMILES string of the molecule is O=C1COc2c(cccc2NC(=O)NCCC2CC2)N1. The number of urea groups is 1. The van der Waals surface area contributed by atoms with Crippen molar-refractivity contribution in [1.29, 1.82) is 0 Å². The molecule has 0 saturated heterocycles. The molecule has 1 aliphatic carbocycles. The molecule has 0 radical (unpaired) electrons. The van der Waals surface area contributed by atoms with Crippen molar-refractivity contribution in [2.75, 3.05) is 23.8 Å². The number of anilines is 2. The van der Waals surface area contributed by atoms with Crippen molar-refractivity contribution >= 4 is 23.3 Å². The van der Waals surface area contributed by atoms with Gasteiger partial charge in [0.1, 0.15) is 0 Å². The molecule has 20 heavy (non-hydrogen) atoms. The van der Waals surface area contributed by atoms with Crippen molar-refractivity contribution in [3.8, 4) is 5.75 Å². The molecule has 0 aromatic heterocycles. The minimum Gasteiger partial charge on any atom is -0.479 e. The molecule has 1 aromatic rings. The molecular weight excluding hydrogens is 258 g/mol. The van der Waals surface area contributed by atoms with Crippen molar-refractivity contribution in [1.82, 2.24) is 5.32 Å². The molecule has 0 unspecified atom stereocenters. The average Bonchev–Trinajstić information content (AvgIpc) is 3.23. The van der Waals surface area contributed by atoms with E-state index in [-0.39, 0.29) is 18.5 Å². The van der Waals surface area contributed by atoms with Gasteiger partial charge in [0, 0.05) is 6.54 Å². The summed E-state index contributed by atoms with van der Waals surface area (Å²) in [6, 6.07) is 4.99. The molecule has 1 heterocycles. The van der Waals surface area contributed by atoms with E-state index in [1.807, 2.05) is 0 Å². The van der Waals surface area contributed by atoms with Crippen molar-refractivity contribution < 1.29 is 14.3 Å². The highest BCUT2D eigenvalue weighted by Gasteiger charge is 2.21. The zero-order valence-electron chi connectivity index (χ0n) is 11.1. The predicted octanol–water partition coefficient (Wildman–Crippen LogP) is 1.94. The Kier molecular flexibility index (Phi) is 3.45. The zero-order chi connectivity index (χ0) is 13.9. The third kappa shape index (κ3) is 3.01. The maximum Gasteiger partial charge on any atom is 0.319 e. The first-order valence-electron chi connectivity index (χ1n) is 6.83. The molecule has 1 aromatic carbocycles. The molecule has 1 saturated carbocycles. The molecule has 3 rings (SSSR count). The molecule has 1 aliphatic heterocycles. The fraction of sp³-hybridized carbons (Fsp3) is 0.429. The molecular formula is C14H17N3O3. The van der Waals surface area contributed by atoms with Gasteiger partial charge in [0.15, 0.2) is 12.4 Å². The topological polar surface area (TPSA) is 79.5 Å². The molecule has 3 amide bonds. The van der Waals surface area contributed by atoms with Crippen LogP contribution in [0.1, 0.15) is 19.3 Å². The monoisotopic (exact) mass is 275 g/mol. The van der Waals surface area contributed by atoms with Crippen LogP contribution >= 0.6 is 0 Å². The first-order valence-corrected chi connectivity index (χ1v) is 6.83. The Morgan fingerprint density at radius 3 is 3.05 bits per heavy atom. The third-order valence-electron chi connectivity index (χ3n) is 3.42. The number of amides is 3. The third-order valence-corrected chi connectivity index (χ3v) is 3.42. The molecule has 3 N–H and O–H groups in total. The van der Waals surface area contributed by atoms with Crippen LogP contribution in [0, 0.1) is 5.92 Å². The van der Waals surface area contributed by atoms with Crippen LogP contribution in [-0.2, 0) is 4.79 Å². The van der Waals surface area contributed by atoms with Gasteiger partial charge in [0.05, 0.1) is 11.4 Å². The number of fused-ring (bicyclic) bond motifs is 1. The van der Waals surface area contributed by atoms with Crippen molar-refractivity contribution in [3.63, 3.8) is 0 Å². The van der Waals surface area contributed by atoms with Gasteiger partial charge >= 0.3 is 6.03 Å². The van der Waals surface area contributed by atoms with Crippen LogP contribution in [0.25, 0.3) is 0 Å². The van der Waals surface area contributed by atoms with E-state index in [4.69, 9.17) is 4.74 Å². The lowest BCUT2D eigenvalue weighted by Gasteiger charge is -2.20. The van der Waals surface area contributed by atoms with Gasteiger partial charge in [-0.15, -0.1) is 0 Å². The molecule has 0 bridgehead atoms. The van der Waals surface area contributed by atoms with Crippen LogP contribution in [0.5, 0.6) is 5.75 Å². The van der Waals surface area contributed by atoms with E-state index in [2.05, 4.69) is 16.0 Å². The van der Waals surface area contributed by atoms with Crippen LogP contribution in [0.2, 0.25) is 0 Å². The van der Waals surface area contributed by atoms with E-state index in [9.17, 15) is 9.59 Å². The van der Waals surface area contributed by atoms with Gasteiger partial charge in [0.2, 0.25) is 0 Å². The fourth-order valence-electron chi connectivity index (χ4n) is 2.18. The number of hydrogen-bond donors (Lipinski definition) is 3. The fourth-order valence-corrected chi connectivity index (χ4v) is 2.18. The number of hydrogen-bond acceptors (Lipinski definition) is 3. The number of para-hydroxylation sites is 1. The molecule has 0 atom stereocenters. The van der Waals surface area contributed by atoms with Crippen molar-refractivity contribution in [3.05, 3.63) is 18.2 Å². The van der Waals surface area contributed by atoms with E-state index in [0.717, 1.165) is 12.3 Å². The van der Waals surface area contributed by atoms with Crippen LogP contribution in [0.3, 0.4) is 0 Å². The second-order valence-electron chi connectivity index (χ2n) is 5.13. The summed E-state index contributed by atoms with van der Waals surface area (Å²) in [5, 5.41) is 8.28. The van der Waals surface area contributed by atoms with E-state index >= 15 is 0 Å². The van der Waals surface area contributed by atoms with Gasteiger partial charge in [-0.3, -0.25) is 4.79 Å². The number of rotatable bonds is 4. The summed E-state index contributed by atoms with van der Waals surface area (Å²) in [6.07, 6.45) is 3.60. The zero-order valence-corrected chi connectivity index (χ0v) is 11.1. The first kappa shape index (κ1) is 12.8. The summed E-state index contributed by atoms with van der Waals surface area (Å²) < 4.78 is 5.37. The Hall–Kier alpha value is -2.24. The summed E-state index contributed by atoms with van der Waals surface area (Å²) >= 11 is 0.